The molecule has 0 saturated carbocycles. The summed E-state index contributed by atoms with van der Waals surface area (Å²) in [6, 6.07) is 23.8. The highest BCUT2D eigenvalue weighted by atomic mass is 16.3. The van der Waals surface area contributed by atoms with Gasteiger partial charge in [0.2, 0.25) is 0 Å². The predicted molar refractivity (Wildman–Crippen MR) is 136 cm³/mol. The molecule has 1 nitrogen and oxygen atoms in total. The van der Waals surface area contributed by atoms with Gasteiger partial charge in [-0.3, -0.25) is 0 Å². The van der Waals surface area contributed by atoms with Gasteiger partial charge in [0.05, 0.1) is 0 Å². The Morgan fingerprint density at radius 2 is 1.40 bits per heavy atom. The zero-order valence-corrected chi connectivity index (χ0v) is 18.4. The van der Waals surface area contributed by atoms with E-state index in [1.54, 1.807) is 6.08 Å². The van der Waals surface area contributed by atoms with Crippen molar-refractivity contribution >= 4 is 35.3 Å². The van der Waals surface area contributed by atoms with Crippen LogP contribution in [0.3, 0.4) is 0 Å². The Morgan fingerprint density at radius 1 is 0.733 bits per heavy atom. The number of furan rings is 1. The standard InChI is InChI=1S/C26H23BO.C2H6/c1-5-23-24-13-12-19(17-26(24)28-25(23)6-2)21-14-20(15-22(16-21)27(3)4)18-10-8-7-9-11-18;1-2/h5-17H,1-2H2,3-4H3;1-2H3. The molecule has 0 fully saturated rings. The average molecular weight is 392 g/mol. The molecule has 0 bridgehead atoms. The van der Waals surface area contributed by atoms with Crippen LogP contribution < -0.4 is 5.46 Å². The molecule has 0 aliphatic rings. The van der Waals surface area contributed by atoms with Crippen LogP contribution in [0.5, 0.6) is 0 Å². The number of hydrogen-bond acceptors (Lipinski definition) is 1. The molecule has 0 unspecified atom stereocenters. The minimum Gasteiger partial charge on any atom is -0.456 e. The van der Waals surface area contributed by atoms with Gasteiger partial charge in [-0.2, -0.15) is 0 Å². The highest BCUT2D eigenvalue weighted by Gasteiger charge is 2.13. The van der Waals surface area contributed by atoms with Crippen molar-refractivity contribution < 1.29 is 4.42 Å². The average Bonchev–Trinajstić information content (AvgIpc) is 3.17. The Kier molecular flexibility index (Phi) is 6.79. The second kappa shape index (κ2) is 9.50. The minimum absolute atomic E-state index is 0.453. The topological polar surface area (TPSA) is 13.1 Å². The normalized spacial score (nSPS) is 10.3. The van der Waals surface area contributed by atoms with Crippen LogP contribution in [0.1, 0.15) is 25.2 Å². The molecule has 0 radical (unpaired) electrons. The number of hydrogen-bond donors (Lipinski definition) is 0. The molecule has 30 heavy (non-hydrogen) atoms. The van der Waals surface area contributed by atoms with E-state index in [1.165, 1.54) is 22.2 Å². The molecule has 0 aliphatic heterocycles. The van der Waals surface area contributed by atoms with Gasteiger partial charge in [0.15, 0.2) is 6.71 Å². The second-order valence-corrected chi connectivity index (χ2v) is 7.36. The molecule has 1 aromatic heterocycles. The summed E-state index contributed by atoms with van der Waals surface area (Å²) in [5, 5.41) is 1.07. The van der Waals surface area contributed by atoms with Crippen LogP contribution >= 0.6 is 0 Å². The molecule has 1 heterocycles. The molecule has 4 rings (SSSR count). The van der Waals surface area contributed by atoms with Gasteiger partial charge in [0.1, 0.15) is 11.3 Å². The fraction of sp³-hybridized carbons (Fsp3) is 0.143. The first-order valence-corrected chi connectivity index (χ1v) is 10.6. The zero-order chi connectivity index (χ0) is 21.7. The monoisotopic (exact) mass is 392 g/mol. The third-order valence-electron chi connectivity index (χ3n) is 5.21. The Hall–Kier alpha value is -3.26. The molecule has 2 heteroatoms. The molecule has 150 valence electrons. The Morgan fingerprint density at radius 3 is 2.00 bits per heavy atom. The Bertz CT molecular complexity index is 1170. The molecule has 3 aromatic carbocycles. The third kappa shape index (κ3) is 4.18. The van der Waals surface area contributed by atoms with Gasteiger partial charge >= 0.3 is 0 Å². The van der Waals surface area contributed by atoms with Crippen LogP contribution in [0.2, 0.25) is 13.6 Å². The van der Waals surface area contributed by atoms with Crippen molar-refractivity contribution in [3.05, 3.63) is 91.2 Å². The van der Waals surface area contributed by atoms with Gasteiger partial charge < -0.3 is 4.42 Å². The Balaban J connectivity index is 0.00000124. The highest BCUT2D eigenvalue weighted by molar-refractivity contribution is 6.70. The molecule has 0 aliphatic carbocycles. The summed E-state index contributed by atoms with van der Waals surface area (Å²) in [6.45, 7) is 16.7. The van der Waals surface area contributed by atoms with Crippen molar-refractivity contribution in [1.82, 2.24) is 0 Å². The largest absolute Gasteiger partial charge is 0.456 e. The molecular weight excluding hydrogens is 363 g/mol. The first-order chi connectivity index (χ1) is 14.6. The van der Waals surface area contributed by atoms with Crippen LogP contribution in [-0.2, 0) is 0 Å². The van der Waals surface area contributed by atoms with Crippen molar-refractivity contribution in [2.75, 3.05) is 0 Å². The first-order valence-electron chi connectivity index (χ1n) is 10.6. The maximum Gasteiger partial charge on any atom is 0.169 e. The van der Waals surface area contributed by atoms with Crippen LogP contribution in [-0.4, -0.2) is 6.71 Å². The zero-order valence-electron chi connectivity index (χ0n) is 18.4. The maximum absolute atomic E-state index is 6.00. The van der Waals surface area contributed by atoms with Crippen LogP contribution in [0, 0.1) is 0 Å². The van der Waals surface area contributed by atoms with Crippen molar-refractivity contribution in [3.8, 4) is 22.3 Å². The van der Waals surface area contributed by atoms with E-state index in [0.717, 1.165) is 27.9 Å². The quantitative estimate of drug-likeness (QED) is 0.313. The van der Waals surface area contributed by atoms with Crippen molar-refractivity contribution in [2.45, 2.75) is 27.5 Å². The van der Waals surface area contributed by atoms with Gasteiger partial charge in [-0.25, -0.2) is 0 Å². The second-order valence-electron chi connectivity index (χ2n) is 7.36. The molecular formula is C28H29BO. The van der Waals surface area contributed by atoms with E-state index >= 15 is 0 Å². The summed E-state index contributed by atoms with van der Waals surface area (Å²) >= 11 is 0. The summed E-state index contributed by atoms with van der Waals surface area (Å²) in [6.07, 6.45) is 3.57. The van der Waals surface area contributed by atoms with Gasteiger partial charge in [0, 0.05) is 10.9 Å². The lowest BCUT2D eigenvalue weighted by atomic mass is 9.49. The first kappa shape index (κ1) is 21.5. The van der Waals surface area contributed by atoms with Gasteiger partial charge in [-0.15, -0.1) is 0 Å². The van der Waals surface area contributed by atoms with E-state index in [1.807, 2.05) is 19.9 Å². The SMILES string of the molecule is C=Cc1oc2cc(-c3cc(B(C)C)cc(-c4ccccc4)c3)ccc2c1C=C.CC. The summed E-state index contributed by atoms with van der Waals surface area (Å²) in [7, 11) is 0. The highest BCUT2D eigenvalue weighted by Crippen LogP contribution is 2.33. The van der Waals surface area contributed by atoms with Gasteiger partial charge in [-0.05, 0) is 46.5 Å². The molecule has 0 atom stereocenters. The van der Waals surface area contributed by atoms with Crippen molar-refractivity contribution in [3.63, 3.8) is 0 Å². The lowest BCUT2D eigenvalue weighted by molar-refractivity contribution is 0.603. The lowest BCUT2D eigenvalue weighted by Crippen LogP contribution is -2.22. The van der Waals surface area contributed by atoms with E-state index in [4.69, 9.17) is 4.42 Å². The van der Waals surface area contributed by atoms with Gasteiger partial charge in [-0.1, -0.05) is 101 Å². The predicted octanol–water partition coefficient (Wildman–Crippen LogP) is 8.04. The summed E-state index contributed by atoms with van der Waals surface area (Å²) in [4.78, 5) is 0. The van der Waals surface area contributed by atoms with Crippen LogP contribution in [0.15, 0.2) is 84.3 Å². The molecule has 0 saturated heterocycles. The third-order valence-corrected chi connectivity index (χ3v) is 5.21. The van der Waals surface area contributed by atoms with E-state index < -0.39 is 0 Å². The van der Waals surface area contributed by atoms with Crippen molar-refractivity contribution in [1.29, 1.82) is 0 Å². The molecule has 0 spiro atoms. The number of rotatable bonds is 5. The number of fused-ring (bicyclic) bond motifs is 1. The van der Waals surface area contributed by atoms with E-state index in [-0.39, 0.29) is 0 Å². The smallest absolute Gasteiger partial charge is 0.169 e. The van der Waals surface area contributed by atoms with Crippen LogP contribution in [0.4, 0.5) is 0 Å². The van der Waals surface area contributed by atoms with E-state index in [2.05, 4.69) is 93.5 Å². The van der Waals surface area contributed by atoms with E-state index in [9.17, 15) is 0 Å². The van der Waals surface area contributed by atoms with Crippen LogP contribution in [0.25, 0.3) is 45.4 Å². The summed E-state index contributed by atoms with van der Waals surface area (Å²) in [5.74, 6) is 0.767. The molecule has 0 amide bonds. The van der Waals surface area contributed by atoms with E-state index in [0.29, 0.717) is 6.71 Å². The number of benzene rings is 3. The van der Waals surface area contributed by atoms with Gasteiger partial charge in [0.25, 0.3) is 0 Å². The summed E-state index contributed by atoms with van der Waals surface area (Å²) < 4.78 is 6.00. The fourth-order valence-electron chi connectivity index (χ4n) is 3.63. The summed E-state index contributed by atoms with van der Waals surface area (Å²) in [5.41, 5.74) is 7.99. The minimum atomic E-state index is 0.453. The molecule has 4 aromatic rings. The maximum atomic E-state index is 6.00. The molecule has 0 N–H and O–H groups in total. The fourth-order valence-corrected chi connectivity index (χ4v) is 3.63. The van der Waals surface area contributed by atoms with Crippen molar-refractivity contribution in [2.24, 2.45) is 0 Å². The Labute approximate surface area is 180 Å². The lowest BCUT2D eigenvalue weighted by Gasteiger charge is -2.12.